The second-order valence-electron chi connectivity index (χ2n) is 5.39. The van der Waals surface area contributed by atoms with E-state index in [1.807, 2.05) is 0 Å². The van der Waals surface area contributed by atoms with Crippen molar-refractivity contribution in [1.29, 1.82) is 0 Å². The molecule has 1 amide bonds. The van der Waals surface area contributed by atoms with Crippen LogP contribution in [0.5, 0.6) is 11.5 Å². The highest BCUT2D eigenvalue weighted by Gasteiger charge is 2.15. The van der Waals surface area contributed by atoms with Crippen molar-refractivity contribution in [2.45, 2.75) is 6.42 Å². The minimum Gasteiger partial charge on any atom is -0.486 e. The Hall–Kier alpha value is -3.09. The van der Waals surface area contributed by atoms with Crippen molar-refractivity contribution in [2.75, 3.05) is 25.6 Å². The molecule has 1 aliphatic rings. The lowest BCUT2D eigenvalue weighted by atomic mass is 10.1. The fourth-order valence-corrected chi connectivity index (χ4v) is 2.44. The lowest BCUT2D eigenvalue weighted by Gasteiger charge is -2.18. The summed E-state index contributed by atoms with van der Waals surface area (Å²) >= 11 is 0. The van der Waals surface area contributed by atoms with Crippen molar-refractivity contribution >= 4 is 17.6 Å². The van der Waals surface area contributed by atoms with Crippen LogP contribution in [0.4, 0.5) is 10.1 Å². The predicted molar refractivity (Wildman–Crippen MR) is 87.5 cm³/mol. The minimum atomic E-state index is -0.636. The van der Waals surface area contributed by atoms with E-state index >= 15 is 0 Å². The van der Waals surface area contributed by atoms with Crippen LogP contribution >= 0.6 is 0 Å². The molecule has 2 aromatic carbocycles. The smallest absolute Gasteiger partial charge is 0.337 e. The molecule has 0 atom stereocenters. The molecular weight excluding hydrogens is 329 g/mol. The van der Waals surface area contributed by atoms with E-state index in [0.717, 1.165) is 6.07 Å². The molecule has 7 heteroatoms. The Morgan fingerprint density at radius 1 is 1.12 bits per heavy atom. The van der Waals surface area contributed by atoms with E-state index < -0.39 is 17.7 Å². The molecule has 0 saturated heterocycles. The van der Waals surface area contributed by atoms with Gasteiger partial charge in [-0.2, -0.15) is 0 Å². The number of halogens is 1. The third-order valence-electron chi connectivity index (χ3n) is 3.63. The van der Waals surface area contributed by atoms with Gasteiger partial charge in [0.15, 0.2) is 11.5 Å². The minimum absolute atomic E-state index is 0.0263. The van der Waals surface area contributed by atoms with Crippen molar-refractivity contribution in [3.05, 3.63) is 53.3 Å². The number of anilines is 1. The molecule has 0 saturated carbocycles. The van der Waals surface area contributed by atoms with Gasteiger partial charge in [-0.1, -0.05) is 6.07 Å². The van der Waals surface area contributed by atoms with Gasteiger partial charge < -0.3 is 19.5 Å². The average molecular weight is 345 g/mol. The summed E-state index contributed by atoms with van der Waals surface area (Å²) in [6.45, 7) is 0.941. The molecule has 0 unspecified atom stereocenters. The zero-order valence-corrected chi connectivity index (χ0v) is 13.5. The highest BCUT2D eigenvalue weighted by atomic mass is 19.1. The monoisotopic (exact) mass is 345 g/mol. The lowest BCUT2D eigenvalue weighted by molar-refractivity contribution is -0.115. The van der Waals surface area contributed by atoms with Gasteiger partial charge in [-0.05, 0) is 35.9 Å². The molecule has 2 aromatic rings. The van der Waals surface area contributed by atoms with Crippen LogP contribution in [-0.4, -0.2) is 32.2 Å². The quantitative estimate of drug-likeness (QED) is 0.862. The maximum Gasteiger partial charge on any atom is 0.337 e. The molecule has 25 heavy (non-hydrogen) atoms. The van der Waals surface area contributed by atoms with Gasteiger partial charge in [0.05, 0.1) is 24.8 Å². The van der Waals surface area contributed by atoms with Crippen LogP contribution in [0.2, 0.25) is 0 Å². The predicted octanol–water partition coefficient (Wildman–Crippen LogP) is 2.56. The summed E-state index contributed by atoms with van der Waals surface area (Å²) in [5.41, 5.74) is 0.773. The lowest BCUT2D eigenvalue weighted by Crippen LogP contribution is -2.17. The summed E-state index contributed by atoms with van der Waals surface area (Å²) in [5, 5.41) is 2.46. The number of hydrogen-bond donors (Lipinski definition) is 1. The number of fused-ring (bicyclic) bond motifs is 1. The van der Waals surface area contributed by atoms with Crippen molar-refractivity contribution in [3.63, 3.8) is 0 Å². The van der Waals surface area contributed by atoms with Crippen LogP contribution in [0, 0.1) is 5.82 Å². The first-order valence-electron chi connectivity index (χ1n) is 7.63. The third kappa shape index (κ3) is 3.88. The SMILES string of the molecule is COC(=O)c1ccc(F)c(NC(=O)Cc2ccc3c(c2)OCCO3)c1. The van der Waals surface area contributed by atoms with Gasteiger partial charge in [-0.3, -0.25) is 4.79 Å². The van der Waals surface area contributed by atoms with Crippen LogP contribution in [0.1, 0.15) is 15.9 Å². The van der Waals surface area contributed by atoms with Crippen LogP contribution in [0.3, 0.4) is 0 Å². The fraction of sp³-hybridized carbons (Fsp3) is 0.222. The number of carbonyl (C=O) groups excluding carboxylic acids is 2. The van der Waals surface area contributed by atoms with E-state index in [1.54, 1.807) is 18.2 Å². The number of amides is 1. The molecule has 0 bridgehead atoms. The molecule has 1 N–H and O–H groups in total. The van der Waals surface area contributed by atoms with Gasteiger partial charge in [-0.25, -0.2) is 9.18 Å². The number of hydrogen-bond acceptors (Lipinski definition) is 5. The summed E-state index contributed by atoms with van der Waals surface area (Å²) in [7, 11) is 1.23. The number of rotatable bonds is 4. The fourth-order valence-electron chi connectivity index (χ4n) is 2.44. The van der Waals surface area contributed by atoms with Crippen LogP contribution < -0.4 is 14.8 Å². The van der Waals surface area contributed by atoms with Crippen molar-refractivity contribution in [3.8, 4) is 11.5 Å². The maximum absolute atomic E-state index is 13.9. The zero-order chi connectivity index (χ0) is 17.8. The van der Waals surface area contributed by atoms with Gasteiger partial charge in [-0.15, -0.1) is 0 Å². The summed E-state index contributed by atoms with van der Waals surface area (Å²) in [6, 6.07) is 8.83. The van der Waals surface area contributed by atoms with E-state index in [1.165, 1.54) is 19.2 Å². The molecule has 0 fully saturated rings. The van der Waals surface area contributed by atoms with Crippen molar-refractivity contribution in [2.24, 2.45) is 0 Å². The average Bonchev–Trinajstić information content (AvgIpc) is 2.62. The Morgan fingerprint density at radius 3 is 2.64 bits per heavy atom. The first-order valence-corrected chi connectivity index (χ1v) is 7.63. The Morgan fingerprint density at radius 2 is 1.88 bits per heavy atom. The highest BCUT2D eigenvalue weighted by Crippen LogP contribution is 2.31. The Labute approximate surface area is 143 Å². The number of esters is 1. The van der Waals surface area contributed by atoms with Crippen LogP contribution in [0.25, 0.3) is 0 Å². The summed E-state index contributed by atoms with van der Waals surface area (Å²) in [4.78, 5) is 23.7. The molecule has 1 heterocycles. The van der Waals surface area contributed by atoms with E-state index in [9.17, 15) is 14.0 Å². The Kier molecular flexibility index (Phi) is 4.83. The number of benzene rings is 2. The molecule has 0 radical (unpaired) electrons. The van der Waals surface area contributed by atoms with E-state index in [4.69, 9.17) is 9.47 Å². The Balaban J connectivity index is 1.71. The molecule has 3 rings (SSSR count). The molecular formula is C18H16FNO5. The van der Waals surface area contributed by atoms with Gasteiger partial charge in [0.1, 0.15) is 19.0 Å². The van der Waals surface area contributed by atoms with Crippen LogP contribution in [0.15, 0.2) is 36.4 Å². The van der Waals surface area contributed by atoms with Gasteiger partial charge in [0, 0.05) is 0 Å². The molecule has 0 aliphatic carbocycles. The van der Waals surface area contributed by atoms with E-state index in [-0.39, 0.29) is 17.7 Å². The largest absolute Gasteiger partial charge is 0.486 e. The normalized spacial score (nSPS) is 12.4. The molecule has 6 nitrogen and oxygen atoms in total. The molecule has 0 aromatic heterocycles. The van der Waals surface area contributed by atoms with Crippen LogP contribution in [-0.2, 0) is 16.0 Å². The van der Waals surface area contributed by atoms with E-state index in [2.05, 4.69) is 10.1 Å². The second-order valence-corrected chi connectivity index (χ2v) is 5.39. The first-order chi connectivity index (χ1) is 12.1. The number of carbonyl (C=O) groups is 2. The highest BCUT2D eigenvalue weighted by molar-refractivity contribution is 5.95. The topological polar surface area (TPSA) is 73.9 Å². The van der Waals surface area contributed by atoms with Crippen molar-refractivity contribution < 1.29 is 28.2 Å². The van der Waals surface area contributed by atoms with Gasteiger partial charge in [0.2, 0.25) is 5.91 Å². The summed E-state index contributed by atoms with van der Waals surface area (Å²) < 4.78 is 29.3. The number of methoxy groups -OCH3 is 1. The standard InChI is InChI=1S/C18H16FNO5/c1-23-18(22)12-3-4-13(19)14(10-12)20-17(21)9-11-2-5-15-16(8-11)25-7-6-24-15/h2-5,8,10H,6-7,9H2,1H3,(H,20,21). The third-order valence-corrected chi connectivity index (χ3v) is 3.63. The molecule has 0 spiro atoms. The van der Waals surface area contributed by atoms with Crippen molar-refractivity contribution in [1.82, 2.24) is 0 Å². The summed E-state index contributed by atoms with van der Waals surface area (Å²) in [6.07, 6.45) is 0.0263. The second kappa shape index (κ2) is 7.21. The van der Waals surface area contributed by atoms with Gasteiger partial charge in [0.25, 0.3) is 0 Å². The molecule has 130 valence electrons. The summed E-state index contributed by atoms with van der Waals surface area (Å²) in [5.74, 6) is -0.453. The zero-order valence-electron chi connectivity index (χ0n) is 13.5. The van der Waals surface area contributed by atoms with E-state index in [0.29, 0.717) is 30.3 Å². The molecule has 1 aliphatic heterocycles. The number of ether oxygens (including phenoxy) is 3. The maximum atomic E-state index is 13.9. The first kappa shape index (κ1) is 16.8. The Bertz CT molecular complexity index is 821. The van der Waals surface area contributed by atoms with Gasteiger partial charge >= 0.3 is 5.97 Å². The number of nitrogens with one attached hydrogen (secondary N) is 1.